The summed E-state index contributed by atoms with van der Waals surface area (Å²) in [6, 6.07) is 0. The van der Waals surface area contributed by atoms with Gasteiger partial charge in [0.25, 0.3) is 5.91 Å². The third-order valence-electron chi connectivity index (χ3n) is 5.28. The lowest BCUT2D eigenvalue weighted by molar-refractivity contribution is -0.123. The van der Waals surface area contributed by atoms with E-state index in [-0.39, 0.29) is 11.3 Å². The van der Waals surface area contributed by atoms with E-state index in [1.54, 1.807) is 11.9 Å². The molecule has 3 heteroatoms. The summed E-state index contributed by atoms with van der Waals surface area (Å²) >= 11 is 0. The number of hydrogen-bond acceptors (Lipinski definition) is 2. The highest BCUT2D eigenvalue weighted by Gasteiger charge is 2.50. The van der Waals surface area contributed by atoms with Crippen LogP contribution < -0.4 is 5.73 Å². The Kier molecular flexibility index (Phi) is 3.30. The van der Waals surface area contributed by atoms with Crippen LogP contribution in [0.1, 0.15) is 38.5 Å². The standard InChI is InChI=1S/C16H24N2O/c1-18(5-4-17)15(19)2-3-16-9-12-6-13(10-16)8-14(7-12)11-16/h12-14H,4-11,17H2,1H3. The highest BCUT2D eigenvalue weighted by atomic mass is 16.2. The molecule has 4 aliphatic rings. The van der Waals surface area contributed by atoms with Crippen LogP contribution in [0.5, 0.6) is 0 Å². The Morgan fingerprint density at radius 2 is 1.74 bits per heavy atom. The van der Waals surface area contributed by atoms with Crippen molar-refractivity contribution >= 4 is 5.91 Å². The number of carbonyl (C=O) groups excluding carboxylic acids is 1. The highest BCUT2D eigenvalue weighted by molar-refractivity contribution is 5.93. The van der Waals surface area contributed by atoms with E-state index in [2.05, 4.69) is 11.8 Å². The molecule has 4 bridgehead atoms. The minimum atomic E-state index is -0.0683. The molecule has 4 aliphatic carbocycles. The van der Waals surface area contributed by atoms with E-state index in [0.29, 0.717) is 13.1 Å². The maximum absolute atomic E-state index is 11.9. The van der Waals surface area contributed by atoms with E-state index in [1.165, 1.54) is 38.5 Å². The lowest BCUT2D eigenvalue weighted by atomic mass is 9.50. The summed E-state index contributed by atoms with van der Waals surface area (Å²) in [5.74, 6) is 8.88. The lowest BCUT2D eigenvalue weighted by Gasteiger charge is -2.54. The van der Waals surface area contributed by atoms with E-state index < -0.39 is 0 Å². The summed E-state index contributed by atoms with van der Waals surface area (Å²) in [5.41, 5.74) is 5.64. The fourth-order valence-electron chi connectivity index (χ4n) is 4.84. The summed E-state index contributed by atoms with van der Waals surface area (Å²) < 4.78 is 0. The summed E-state index contributed by atoms with van der Waals surface area (Å²) in [5, 5.41) is 0. The Bertz CT molecular complexity index is 396. The zero-order valence-corrected chi connectivity index (χ0v) is 11.8. The molecule has 0 unspecified atom stereocenters. The average Bonchev–Trinajstić information content (AvgIpc) is 2.34. The normalized spacial score (nSPS) is 38.7. The van der Waals surface area contributed by atoms with Crippen molar-refractivity contribution in [3.8, 4) is 11.8 Å². The molecule has 0 aromatic heterocycles. The number of hydrogen-bond donors (Lipinski definition) is 1. The Morgan fingerprint density at radius 3 is 2.21 bits per heavy atom. The number of nitrogens with zero attached hydrogens (tertiary/aromatic N) is 1. The molecule has 0 heterocycles. The molecule has 19 heavy (non-hydrogen) atoms. The largest absolute Gasteiger partial charge is 0.334 e. The van der Waals surface area contributed by atoms with Crippen molar-refractivity contribution in [2.24, 2.45) is 28.9 Å². The van der Waals surface area contributed by atoms with Gasteiger partial charge in [-0.25, -0.2) is 0 Å². The molecule has 4 fully saturated rings. The van der Waals surface area contributed by atoms with Crippen LogP contribution in [0.25, 0.3) is 0 Å². The second kappa shape index (κ2) is 4.83. The molecule has 0 saturated heterocycles. The molecule has 4 rings (SSSR count). The molecular weight excluding hydrogens is 236 g/mol. The van der Waals surface area contributed by atoms with Gasteiger partial charge in [0.05, 0.1) is 0 Å². The molecule has 1 amide bonds. The first-order valence-corrected chi connectivity index (χ1v) is 7.58. The van der Waals surface area contributed by atoms with E-state index in [9.17, 15) is 4.79 Å². The Morgan fingerprint density at radius 1 is 1.21 bits per heavy atom. The Balaban J connectivity index is 1.71. The zero-order chi connectivity index (χ0) is 13.5. The van der Waals surface area contributed by atoms with E-state index in [0.717, 1.165) is 17.8 Å². The van der Waals surface area contributed by atoms with E-state index in [1.807, 2.05) is 0 Å². The van der Waals surface area contributed by atoms with Gasteiger partial charge in [-0.3, -0.25) is 4.79 Å². The number of carbonyl (C=O) groups is 1. The first-order chi connectivity index (χ1) is 9.10. The molecule has 0 aromatic carbocycles. The number of rotatable bonds is 2. The van der Waals surface area contributed by atoms with E-state index in [4.69, 9.17) is 5.73 Å². The van der Waals surface area contributed by atoms with Crippen molar-refractivity contribution in [1.29, 1.82) is 0 Å². The summed E-state index contributed by atoms with van der Waals surface area (Å²) in [6.45, 7) is 1.09. The monoisotopic (exact) mass is 260 g/mol. The summed E-state index contributed by atoms with van der Waals surface area (Å²) in [7, 11) is 1.78. The number of amides is 1. The van der Waals surface area contributed by atoms with E-state index >= 15 is 0 Å². The molecule has 2 N–H and O–H groups in total. The summed E-state index contributed by atoms with van der Waals surface area (Å²) in [4.78, 5) is 13.6. The van der Waals surface area contributed by atoms with Gasteiger partial charge in [0.15, 0.2) is 0 Å². The lowest BCUT2D eigenvalue weighted by Crippen LogP contribution is -2.45. The molecule has 0 radical (unpaired) electrons. The van der Waals surface area contributed by atoms with Crippen molar-refractivity contribution in [3.05, 3.63) is 0 Å². The molecule has 104 valence electrons. The van der Waals surface area contributed by atoms with Gasteiger partial charge in [0.1, 0.15) is 0 Å². The smallest absolute Gasteiger partial charge is 0.298 e. The Labute approximate surface area is 115 Å². The van der Waals surface area contributed by atoms with Gasteiger partial charge in [0.2, 0.25) is 0 Å². The van der Waals surface area contributed by atoms with Crippen LogP contribution >= 0.6 is 0 Å². The maximum atomic E-state index is 11.9. The minimum absolute atomic E-state index is 0.0683. The van der Waals surface area contributed by atoms with Crippen LogP contribution in [0.3, 0.4) is 0 Å². The van der Waals surface area contributed by atoms with Crippen molar-refractivity contribution in [2.75, 3.05) is 20.1 Å². The van der Waals surface area contributed by atoms with Crippen molar-refractivity contribution in [3.63, 3.8) is 0 Å². The first kappa shape index (κ1) is 13.0. The third kappa shape index (κ3) is 2.51. The minimum Gasteiger partial charge on any atom is -0.334 e. The van der Waals surface area contributed by atoms with Gasteiger partial charge in [-0.1, -0.05) is 5.92 Å². The molecule has 3 nitrogen and oxygen atoms in total. The first-order valence-electron chi connectivity index (χ1n) is 7.58. The molecule has 0 spiro atoms. The predicted octanol–water partition coefficient (Wildman–Crippen LogP) is 1.62. The second-order valence-corrected chi connectivity index (χ2v) is 6.96. The number of nitrogens with two attached hydrogens (primary N) is 1. The molecule has 4 saturated carbocycles. The molecule has 0 aromatic rings. The Hall–Kier alpha value is -1.01. The topological polar surface area (TPSA) is 46.3 Å². The van der Waals surface area contributed by atoms with Crippen molar-refractivity contribution in [1.82, 2.24) is 4.90 Å². The maximum Gasteiger partial charge on any atom is 0.298 e. The van der Waals surface area contributed by atoms with Crippen LogP contribution in [-0.4, -0.2) is 30.9 Å². The van der Waals surface area contributed by atoms with Crippen LogP contribution in [0, 0.1) is 35.0 Å². The van der Waals surface area contributed by atoms with Gasteiger partial charge in [-0.05, 0) is 62.2 Å². The third-order valence-corrected chi connectivity index (χ3v) is 5.28. The second-order valence-electron chi connectivity index (χ2n) is 6.96. The SMILES string of the molecule is CN(CCN)C(=O)C#CC12CC3CC(CC(C3)C1)C2. The van der Waals surface area contributed by atoms with Crippen molar-refractivity contribution in [2.45, 2.75) is 38.5 Å². The van der Waals surface area contributed by atoms with Crippen LogP contribution in [0.2, 0.25) is 0 Å². The average molecular weight is 260 g/mol. The van der Waals surface area contributed by atoms with Gasteiger partial charge in [-0.2, -0.15) is 0 Å². The predicted molar refractivity (Wildman–Crippen MR) is 75.1 cm³/mol. The zero-order valence-electron chi connectivity index (χ0n) is 11.8. The van der Waals surface area contributed by atoms with Gasteiger partial charge >= 0.3 is 0 Å². The van der Waals surface area contributed by atoms with Crippen LogP contribution in [0.15, 0.2) is 0 Å². The van der Waals surface area contributed by atoms with Gasteiger partial charge in [-0.15, -0.1) is 0 Å². The number of likely N-dealkylation sites (N-methyl/N-ethyl adjacent to an activating group) is 1. The summed E-state index contributed by atoms with van der Waals surface area (Å²) in [6.07, 6.45) is 7.96. The van der Waals surface area contributed by atoms with Crippen molar-refractivity contribution < 1.29 is 4.79 Å². The fourth-order valence-corrected chi connectivity index (χ4v) is 4.84. The quantitative estimate of drug-likeness (QED) is 0.767. The van der Waals surface area contributed by atoms with Crippen LogP contribution in [-0.2, 0) is 4.79 Å². The highest BCUT2D eigenvalue weighted by Crippen LogP contribution is 2.59. The van der Waals surface area contributed by atoms with Crippen LogP contribution in [0.4, 0.5) is 0 Å². The molecular formula is C16H24N2O. The molecule has 0 atom stereocenters. The van der Waals surface area contributed by atoms with Gasteiger partial charge in [0, 0.05) is 25.6 Å². The fraction of sp³-hybridized carbons (Fsp3) is 0.812. The van der Waals surface area contributed by atoms with Gasteiger partial charge < -0.3 is 10.6 Å². The molecule has 0 aliphatic heterocycles.